The SMILES string of the molecule is O=C(O)CNC(=O)c1c(O)cc(Sc2ccc(Cl)s2)n2ncnc12. The largest absolute Gasteiger partial charge is 0.507 e. The first kappa shape index (κ1) is 16.6. The molecule has 0 saturated heterocycles. The number of carbonyl (C=O) groups is 2. The van der Waals surface area contributed by atoms with Crippen LogP contribution >= 0.6 is 34.7 Å². The molecule has 0 spiro atoms. The van der Waals surface area contributed by atoms with Gasteiger partial charge in [0, 0.05) is 6.07 Å². The normalized spacial score (nSPS) is 10.9. The molecule has 0 atom stereocenters. The second kappa shape index (κ2) is 6.67. The van der Waals surface area contributed by atoms with Crippen molar-refractivity contribution in [3.63, 3.8) is 0 Å². The highest BCUT2D eigenvalue weighted by molar-refractivity contribution is 8.01. The number of amides is 1. The molecule has 0 bridgehead atoms. The first-order chi connectivity index (χ1) is 11.5. The lowest BCUT2D eigenvalue weighted by atomic mass is 10.2. The predicted octanol–water partition coefficient (Wildman–Crippen LogP) is 2.12. The standard InChI is InChI=1S/C13H9ClN4O4S2/c14-7-1-2-10(23-7)24-8-3-6(19)11(12-16-5-17-18(8)12)13(22)15-4-9(20)21/h1-3,5,19H,4H2,(H,15,22)(H,20,21). The van der Waals surface area contributed by atoms with E-state index >= 15 is 0 Å². The number of nitrogens with one attached hydrogen (secondary N) is 1. The summed E-state index contributed by atoms with van der Waals surface area (Å²) in [6.45, 7) is -0.567. The van der Waals surface area contributed by atoms with Crippen LogP contribution in [0.25, 0.3) is 5.65 Å². The van der Waals surface area contributed by atoms with Crippen LogP contribution in [-0.2, 0) is 4.79 Å². The molecule has 8 nitrogen and oxygen atoms in total. The summed E-state index contributed by atoms with van der Waals surface area (Å²) in [7, 11) is 0. The van der Waals surface area contributed by atoms with Gasteiger partial charge in [-0.05, 0) is 12.1 Å². The Balaban J connectivity index is 2.00. The number of pyridine rings is 1. The average molecular weight is 385 g/mol. The third kappa shape index (κ3) is 3.30. The van der Waals surface area contributed by atoms with Crippen molar-refractivity contribution in [2.24, 2.45) is 0 Å². The molecule has 3 rings (SSSR count). The summed E-state index contributed by atoms with van der Waals surface area (Å²) in [6, 6.07) is 4.95. The number of carboxylic acids is 1. The Morgan fingerprint density at radius 2 is 2.21 bits per heavy atom. The zero-order valence-electron chi connectivity index (χ0n) is 11.8. The number of rotatable bonds is 5. The second-order valence-electron chi connectivity index (χ2n) is 4.48. The maximum Gasteiger partial charge on any atom is 0.322 e. The fourth-order valence-corrected chi connectivity index (χ4v) is 4.27. The molecule has 3 aromatic rings. The maximum absolute atomic E-state index is 12.1. The van der Waals surface area contributed by atoms with Gasteiger partial charge in [0.05, 0.1) is 8.55 Å². The highest BCUT2D eigenvalue weighted by Crippen LogP contribution is 2.37. The van der Waals surface area contributed by atoms with Gasteiger partial charge in [0.15, 0.2) is 5.65 Å². The van der Waals surface area contributed by atoms with Crippen molar-refractivity contribution in [1.29, 1.82) is 0 Å². The Morgan fingerprint density at radius 1 is 1.42 bits per heavy atom. The van der Waals surface area contributed by atoms with Crippen LogP contribution in [-0.4, -0.2) is 43.2 Å². The number of nitrogens with zero attached hydrogens (tertiary/aromatic N) is 3. The molecule has 0 aliphatic carbocycles. The molecular weight excluding hydrogens is 376 g/mol. The molecule has 0 fully saturated rings. The Bertz CT molecular complexity index is 939. The van der Waals surface area contributed by atoms with Crippen molar-refractivity contribution >= 4 is 52.2 Å². The van der Waals surface area contributed by atoms with Gasteiger partial charge < -0.3 is 15.5 Å². The highest BCUT2D eigenvalue weighted by Gasteiger charge is 2.21. The van der Waals surface area contributed by atoms with Gasteiger partial charge in [-0.15, -0.1) is 11.3 Å². The first-order valence-corrected chi connectivity index (χ1v) is 8.45. The van der Waals surface area contributed by atoms with E-state index in [9.17, 15) is 14.7 Å². The van der Waals surface area contributed by atoms with E-state index in [-0.39, 0.29) is 17.0 Å². The molecular formula is C13H9ClN4O4S2. The second-order valence-corrected chi connectivity index (χ2v) is 7.51. The molecule has 124 valence electrons. The van der Waals surface area contributed by atoms with E-state index in [2.05, 4.69) is 15.4 Å². The van der Waals surface area contributed by atoms with Gasteiger partial charge in [-0.2, -0.15) is 5.10 Å². The van der Waals surface area contributed by atoms with Crippen LogP contribution < -0.4 is 5.32 Å². The van der Waals surface area contributed by atoms with Crippen LogP contribution in [0.5, 0.6) is 5.75 Å². The van der Waals surface area contributed by atoms with Crippen LogP contribution in [0.2, 0.25) is 4.34 Å². The van der Waals surface area contributed by atoms with Gasteiger partial charge in [0.25, 0.3) is 5.91 Å². The number of halogens is 1. The summed E-state index contributed by atoms with van der Waals surface area (Å²) in [4.78, 5) is 26.7. The van der Waals surface area contributed by atoms with Crippen LogP contribution in [0.4, 0.5) is 0 Å². The average Bonchev–Trinajstić information content (AvgIpc) is 3.14. The smallest absolute Gasteiger partial charge is 0.322 e. The molecule has 0 aromatic carbocycles. The number of aromatic hydroxyl groups is 1. The van der Waals surface area contributed by atoms with E-state index < -0.39 is 18.4 Å². The molecule has 1 amide bonds. The van der Waals surface area contributed by atoms with Gasteiger partial charge in [-0.25, -0.2) is 9.50 Å². The van der Waals surface area contributed by atoms with Crippen LogP contribution in [0.15, 0.2) is 33.8 Å². The predicted molar refractivity (Wildman–Crippen MR) is 88.1 cm³/mol. The van der Waals surface area contributed by atoms with Crippen molar-refractivity contribution in [2.45, 2.75) is 9.24 Å². The Morgan fingerprint density at radius 3 is 2.88 bits per heavy atom. The summed E-state index contributed by atoms with van der Waals surface area (Å²) >= 11 is 8.57. The molecule has 0 radical (unpaired) electrons. The van der Waals surface area contributed by atoms with Crippen molar-refractivity contribution in [2.75, 3.05) is 6.54 Å². The number of aromatic nitrogens is 3. The number of carbonyl (C=O) groups excluding carboxylic acids is 1. The fourth-order valence-electron chi connectivity index (χ4n) is 1.93. The zero-order chi connectivity index (χ0) is 17.3. The summed E-state index contributed by atoms with van der Waals surface area (Å²) in [6.07, 6.45) is 1.24. The molecule has 0 unspecified atom stereocenters. The monoisotopic (exact) mass is 384 g/mol. The summed E-state index contributed by atoms with van der Waals surface area (Å²) < 4.78 is 2.90. The van der Waals surface area contributed by atoms with Gasteiger partial charge in [-0.3, -0.25) is 9.59 Å². The minimum Gasteiger partial charge on any atom is -0.507 e. The van der Waals surface area contributed by atoms with Crippen LogP contribution in [0.1, 0.15) is 10.4 Å². The van der Waals surface area contributed by atoms with Crippen molar-refractivity contribution in [1.82, 2.24) is 19.9 Å². The lowest BCUT2D eigenvalue weighted by Gasteiger charge is -2.09. The minimum atomic E-state index is -1.19. The number of fused-ring (bicyclic) bond motifs is 1. The van der Waals surface area contributed by atoms with Gasteiger partial charge in [-0.1, -0.05) is 23.4 Å². The third-order valence-corrected chi connectivity index (χ3v) is 5.24. The number of hydrogen-bond acceptors (Lipinski definition) is 7. The van der Waals surface area contributed by atoms with E-state index in [1.54, 1.807) is 6.07 Å². The van der Waals surface area contributed by atoms with E-state index in [0.717, 1.165) is 4.21 Å². The molecule has 0 aliphatic heterocycles. The molecule has 24 heavy (non-hydrogen) atoms. The Labute approximate surface area is 148 Å². The third-order valence-electron chi connectivity index (χ3n) is 2.88. The first-order valence-electron chi connectivity index (χ1n) is 6.44. The Kier molecular flexibility index (Phi) is 4.60. The lowest BCUT2D eigenvalue weighted by molar-refractivity contribution is -0.135. The Hall–Kier alpha value is -2.30. The van der Waals surface area contributed by atoms with Crippen molar-refractivity contribution in [3.8, 4) is 5.75 Å². The molecule has 0 saturated carbocycles. The molecule has 3 heterocycles. The number of thiophene rings is 1. The maximum atomic E-state index is 12.1. The van der Waals surface area contributed by atoms with Crippen LogP contribution in [0, 0.1) is 0 Å². The minimum absolute atomic E-state index is 0.128. The zero-order valence-corrected chi connectivity index (χ0v) is 14.2. The number of aliphatic carboxylic acids is 1. The molecule has 3 N–H and O–H groups in total. The van der Waals surface area contributed by atoms with Gasteiger partial charge >= 0.3 is 5.97 Å². The lowest BCUT2D eigenvalue weighted by Crippen LogP contribution is -2.29. The van der Waals surface area contributed by atoms with E-state index in [1.165, 1.54) is 40.0 Å². The number of carboxylic acid groups (broad SMARTS) is 1. The summed E-state index contributed by atoms with van der Waals surface area (Å²) in [5.41, 5.74) is -0.00893. The fraction of sp³-hybridized carbons (Fsp3) is 0.0769. The highest BCUT2D eigenvalue weighted by atomic mass is 35.5. The van der Waals surface area contributed by atoms with Gasteiger partial charge in [0.1, 0.15) is 29.2 Å². The number of hydrogen-bond donors (Lipinski definition) is 3. The summed E-state index contributed by atoms with van der Waals surface area (Å²) in [5.74, 6) is -2.26. The molecule has 0 aliphatic rings. The van der Waals surface area contributed by atoms with Crippen LogP contribution in [0.3, 0.4) is 0 Å². The van der Waals surface area contributed by atoms with Crippen molar-refractivity contribution < 1.29 is 19.8 Å². The topological polar surface area (TPSA) is 117 Å². The molecule has 11 heteroatoms. The quantitative estimate of drug-likeness (QED) is 0.616. The van der Waals surface area contributed by atoms with Gasteiger partial charge in [0.2, 0.25) is 0 Å². The van der Waals surface area contributed by atoms with E-state index in [0.29, 0.717) is 9.36 Å². The van der Waals surface area contributed by atoms with E-state index in [4.69, 9.17) is 16.7 Å². The van der Waals surface area contributed by atoms with Crippen molar-refractivity contribution in [3.05, 3.63) is 34.4 Å². The molecule has 3 aromatic heterocycles. The van der Waals surface area contributed by atoms with E-state index in [1.807, 2.05) is 6.07 Å². The summed E-state index contributed by atoms with van der Waals surface area (Å²) in [5, 5.41) is 25.6.